The van der Waals surface area contributed by atoms with Gasteiger partial charge < -0.3 is 10.1 Å². The van der Waals surface area contributed by atoms with E-state index in [9.17, 15) is 4.39 Å². The molecule has 0 aromatic heterocycles. The molecular formula is C13H18FNO. The molecule has 1 N–H and O–H groups in total. The molecule has 0 saturated carbocycles. The molecule has 1 aliphatic rings. The monoisotopic (exact) mass is 223 g/mol. The number of hydrogen-bond donors (Lipinski definition) is 1. The Labute approximate surface area is 95.8 Å². The Morgan fingerprint density at radius 2 is 2.12 bits per heavy atom. The molecule has 0 unspecified atom stereocenters. The highest BCUT2D eigenvalue weighted by atomic mass is 19.1. The van der Waals surface area contributed by atoms with Gasteiger partial charge in [-0.3, -0.25) is 0 Å². The largest absolute Gasteiger partial charge is 0.378 e. The van der Waals surface area contributed by atoms with Crippen LogP contribution in [0.3, 0.4) is 0 Å². The Morgan fingerprint density at radius 1 is 1.38 bits per heavy atom. The van der Waals surface area contributed by atoms with E-state index >= 15 is 0 Å². The Kier molecular flexibility index (Phi) is 3.56. The summed E-state index contributed by atoms with van der Waals surface area (Å²) in [5.41, 5.74) is 2.07. The molecule has 0 atom stereocenters. The molecule has 1 fully saturated rings. The van der Waals surface area contributed by atoms with Crippen molar-refractivity contribution >= 4 is 0 Å². The first-order valence-electron chi connectivity index (χ1n) is 5.75. The van der Waals surface area contributed by atoms with Gasteiger partial charge in [-0.15, -0.1) is 0 Å². The third-order valence-corrected chi connectivity index (χ3v) is 2.88. The normalized spacial score (nSPS) is 16.5. The van der Waals surface area contributed by atoms with Gasteiger partial charge in [-0.2, -0.15) is 0 Å². The van der Waals surface area contributed by atoms with Crippen molar-refractivity contribution in [2.75, 3.05) is 13.2 Å². The summed E-state index contributed by atoms with van der Waals surface area (Å²) in [6.45, 7) is 6.40. The number of hydrogen-bond acceptors (Lipinski definition) is 2. The molecule has 88 valence electrons. The first-order valence-corrected chi connectivity index (χ1v) is 5.75. The zero-order valence-corrected chi connectivity index (χ0v) is 9.79. The highest BCUT2D eigenvalue weighted by Gasteiger charge is 2.17. The van der Waals surface area contributed by atoms with E-state index in [1.807, 2.05) is 0 Å². The number of rotatable bonds is 4. The maximum Gasteiger partial charge on any atom is 0.123 e. The minimum absolute atomic E-state index is 0.146. The Morgan fingerprint density at radius 3 is 2.69 bits per heavy atom. The summed E-state index contributed by atoms with van der Waals surface area (Å²) >= 11 is 0. The quantitative estimate of drug-likeness (QED) is 0.846. The summed E-state index contributed by atoms with van der Waals surface area (Å²) in [4.78, 5) is 0. The number of benzene rings is 1. The molecular weight excluding hydrogens is 205 g/mol. The predicted molar refractivity (Wildman–Crippen MR) is 61.9 cm³/mol. The third kappa shape index (κ3) is 2.80. The molecule has 1 aliphatic heterocycles. The average Bonchev–Trinajstić information content (AvgIpc) is 2.14. The zero-order valence-electron chi connectivity index (χ0n) is 9.79. The molecule has 0 radical (unpaired) electrons. The van der Waals surface area contributed by atoms with Crippen molar-refractivity contribution in [1.82, 2.24) is 5.32 Å². The SMILES string of the molecule is CC(C)c1cc(F)cc(CNC2COC2)c1. The van der Waals surface area contributed by atoms with E-state index in [1.165, 1.54) is 0 Å². The van der Waals surface area contributed by atoms with E-state index in [-0.39, 0.29) is 5.82 Å². The lowest BCUT2D eigenvalue weighted by Gasteiger charge is -2.27. The van der Waals surface area contributed by atoms with E-state index in [0.717, 1.165) is 24.3 Å². The van der Waals surface area contributed by atoms with Crippen molar-refractivity contribution in [3.8, 4) is 0 Å². The predicted octanol–water partition coefficient (Wildman–Crippen LogP) is 2.44. The first-order chi connectivity index (χ1) is 7.65. The summed E-state index contributed by atoms with van der Waals surface area (Å²) in [5, 5.41) is 3.34. The second kappa shape index (κ2) is 4.93. The van der Waals surface area contributed by atoms with Crippen LogP contribution in [0.5, 0.6) is 0 Å². The summed E-state index contributed by atoms with van der Waals surface area (Å²) in [6, 6.07) is 5.71. The lowest BCUT2D eigenvalue weighted by Crippen LogP contribution is -2.45. The highest BCUT2D eigenvalue weighted by Crippen LogP contribution is 2.18. The molecule has 0 bridgehead atoms. The van der Waals surface area contributed by atoms with Gasteiger partial charge in [0.25, 0.3) is 0 Å². The van der Waals surface area contributed by atoms with Gasteiger partial charge in [-0.05, 0) is 29.2 Å². The summed E-state index contributed by atoms with van der Waals surface area (Å²) < 4.78 is 18.4. The Bertz CT molecular complexity index is 361. The van der Waals surface area contributed by atoms with Gasteiger partial charge in [0.1, 0.15) is 5.82 Å². The fourth-order valence-electron chi connectivity index (χ4n) is 1.73. The first kappa shape index (κ1) is 11.6. The fraction of sp³-hybridized carbons (Fsp3) is 0.538. The van der Waals surface area contributed by atoms with E-state index in [4.69, 9.17) is 4.74 Å². The van der Waals surface area contributed by atoms with Gasteiger partial charge in [0.05, 0.1) is 19.3 Å². The van der Waals surface area contributed by atoms with Crippen LogP contribution in [0.1, 0.15) is 30.9 Å². The lowest BCUT2D eigenvalue weighted by atomic mass is 10.0. The van der Waals surface area contributed by atoms with Gasteiger partial charge in [0.2, 0.25) is 0 Å². The fourth-order valence-corrected chi connectivity index (χ4v) is 1.73. The molecule has 1 heterocycles. The Hall–Kier alpha value is -0.930. The molecule has 2 rings (SSSR count). The van der Waals surface area contributed by atoms with E-state index in [2.05, 4.69) is 25.2 Å². The van der Waals surface area contributed by atoms with Gasteiger partial charge in [0.15, 0.2) is 0 Å². The summed E-state index contributed by atoms with van der Waals surface area (Å²) in [7, 11) is 0. The lowest BCUT2D eigenvalue weighted by molar-refractivity contribution is -0.00579. The maximum absolute atomic E-state index is 13.4. The van der Waals surface area contributed by atoms with E-state index in [1.54, 1.807) is 12.1 Å². The molecule has 1 saturated heterocycles. The van der Waals surface area contributed by atoms with Crippen LogP contribution in [-0.2, 0) is 11.3 Å². The van der Waals surface area contributed by atoms with Crippen LogP contribution in [-0.4, -0.2) is 19.3 Å². The average molecular weight is 223 g/mol. The molecule has 0 amide bonds. The molecule has 3 heteroatoms. The number of halogens is 1. The van der Waals surface area contributed by atoms with Gasteiger partial charge in [-0.1, -0.05) is 19.9 Å². The van der Waals surface area contributed by atoms with E-state index < -0.39 is 0 Å². The van der Waals surface area contributed by atoms with Crippen molar-refractivity contribution in [2.45, 2.75) is 32.4 Å². The van der Waals surface area contributed by atoms with Crippen molar-refractivity contribution < 1.29 is 9.13 Å². The molecule has 16 heavy (non-hydrogen) atoms. The van der Waals surface area contributed by atoms with Crippen LogP contribution >= 0.6 is 0 Å². The molecule has 0 aliphatic carbocycles. The topological polar surface area (TPSA) is 21.3 Å². The molecule has 2 nitrogen and oxygen atoms in total. The van der Waals surface area contributed by atoms with Crippen molar-refractivity contribution in [3.05, 3.63) is 35.1 Å². The standard InChI is InChI=1S/C13H18FNO/c1-9(2)11-3-10(4-12(14)5-11)6-15-13-7-16-8-13/h3-5,9,13,15H,6-8H2,1-2H3. The maximum atomic E-state index is 13.4. The van der Waals surface area contributed by atoms with Crippen LogP contribution in [0.25, 0.3) is 0 Å². The third-order valence-electron chi connectivity index (χ3n) is 2.88. The zero-order chi connectivity index (χ0) is 11.5. The van der Waals surface area contributed by atoms with Crippen molar-refractivity contribution in [1.29, 1.82) is 0 Å². The van der Waals surface area contributed by atoms with Gasteiger partial charge in [-0.25, -0.2) is 4.39 Å². The summed E-state index contributed by atoms with van der Waals surface area (Å²) in [5.74, 6) is 0.217. The highest BCUT2D eigenvalue weighted by molar-refractivity contribution is 5.26. The van der Waals surface area contributed by atoms with Crippen LogP contribution in [0.4, 0.5) is 4.39 Å². The second-order valence-electron chi connectivity index (χ2n) is 4.66. The van der Waals surface area contributed by atoms with Crippen LogP contribution in [0.2, 0.25) is 0 Å². The Balaban J connectivity index is 2.01. The van der Waals surface area contributed by atoms with Crippen molar-refractivity contribution in [2.24, 2.45) is 0 Å². The van der Waals surface area contributed by atoms with E-state index in [0.29, 0.717) is 18.5 Å². The number of nitrogens with one attached hydrogen (secondary N) is 1. The number of ether oxygens (including phenoxy) is 1. The van der Waals surface area contributed by atoms with Gasteiger partial charge in [0, 0.05) is 6.54 Å². The minimum Gasteiger partial charge on any atom is -0.378 e. The second-order valence-corrected chi connectivity index (χ2v) is 4.66. The smallest absolute Gasteiger partial charge is 0.123 e. The molecule has 1 aromatic rings. The molecule has 0 spiro atoms. The minimum atomic E-state index is -0.146. The molecule has 1 aromatic carbocycles. The van der Waals surface area contributed by atoms with Crippen LogP contribution in [0, 0.1) is 5.82 Å². The van der Waals surface area contributed by atoms with Crippen LogP contribution in [0.15, 0.2) is 18.2 Å². The van der Waals surface area contributed by atoms with Crippen molar-refractivity contribution in [3.63, 3.8) is 0 Å². The van der Waals surface area contributed by atoms with Gasteiger partial charge >= 0.3 is 0 Å². The summed E-state index contributed by atoms with van der Waals surface area (Å²) in [6.07, 6.45) is 0. The van der Waals surface area contributed by atoms with Crippen LogP contribution < -0.4 is 5.32 Å².